The van der Waals surface area contributed by atoms with E-state index in [4.69, 9.17) is 4.74 Å². The van der Waals surface area contributed by atoms with Crippen LogP contribution in [0.5, 0.6) is 5.88 Å². The lowest BCUT2D eigenvalue weighted by Crippen LogP contribution is -2.30. The molecule has 0 fully saturated rings. The predicted octanol–water partition coefficient (Wildman–Crippen LogP) is 3.52. The van der Waals surface area contributed by atoms with Gasteiger partial charge in [0.15, 0.2) is 17.3 Å². The normalized spacial score (nSPS) is 12.4. The number of rotatable bonds is 9. The van der Waals surface area contributed by atoms with E-state index in [1.807, 2.05) is 0 Å². The minimum absolute atomic E-state index is 0.0346. The zero-order valence-electron chi connectivity index (χ0n) is 21.0. The van der Waals surface area contributed by atoms with E-state index in [0.717, 1.165) is 18.2 Å². The standard InChI is InChI=1S/C25H24F3N5O5S/c1-4-13-9-18(25(38-3)30-11-13)39(36,37)33-17-8-7-16(26)19(21(17)28)14-5-6-15-22(20(14)27)31-32-23(15)24(35)29-10-12(2)34/h5-9,11-12,33-34H,4,10H2,1-3H3,(H,29,35)(H,31,32). The second kappa shape index (κ2) is 10.9. The highest BCUT2D eigenvalue weighted by Gasteiger charge is 2.27. The van der Waals surface area contributed by atoms with Gasteiger partial charge in [-0.15, -0.1) is 0 Å². The molecule has 0 radical (unpaired) electrons. The molecule has 0 saturated carbocycles. The average molecular weight is 564 g/mol. The maximum Gasteiger partial charge on any atom is 0.272 e. The highest BCUT2D eigenvalue weighted by molar-refractivity contribution is 7.92. The number of pyridine rings is 1. The number of carbonyl (C=O) groups excluding carboxylic acids is 1. The monoisotopic (exact) mass is 563 g/mol. The molecule has 1 atom stereocenters. The number of H-pyrrole nitrogens is 1. The quantitative estimate of drug-likeness (QED) is 0.244. The molecule has 4 N–H and O–H groups in total. The van der Waals surface area contributed by atoms with Gasteiger partial charge < -0.3 is 15.2 Å². The third-order valence-electron chi connectivity index (χ3n) is 5.82. The number of aromatic amines is 1. The number of sulfonamides is 1. The predicted molar refractivity (Wildman–Crippen MR) is 136 cm³/mol. The summed E-state index contributed by atoms with van der Waals surface area (Å²) in [5.41, 5.74) is -1.92. The molecule has 4 aromatic rings. The van der Waals surface area contributed by atoms with E-state index in [-0.39, 0.29) is 33.9 Å². The minimum atomic E-state index is -4.46. The Morgan fingerprint density at radius 3 is 2.59 bits per heavy atom. The van der Waals surface area contributed by atoms with Gasteiger partial charge in [-0.1, -0.05) is 13.0 Å². The zero-order valence-corrected chi connectivity index (χ0v) is 21.8. The van der Waals surface area contributed by atoms with Crippen LogP contribution in [0.25, 0.3) is 22.0 Å². The van der Waals surface area contributed by atoms with Crippen LogP contribution >= 0.6 is 0 Å². The molecule has 2 aromatic heterocycles. The number of hydrogen-bond acceptors (Lipinski definition) is 7. The minimum Gasteiger partial charge on any atom is -0.480 e. The number of halogens is 3. The number of aliphatic hydroxyl groups excluding tert-OH is 1. The lowest BCUT2D eigenvalue weighted by molar-refractivity contribution is 0.0920. The first-order chi connectivity index (χ1) is 18.5. The van der Waals surface area contributed by atoms with Gasteiger partial charge in [-0.3, -0.25) is 14.6 Å². The highest BCUT2D eigenvalue weighted by Crippen LogP contribution is 2.36. The molecule has 2 aromatic carbocycles. The van der Waals surface area contributed by atoms with Crippen LogP contribution in [-0.4, -0.2) is 54.4 Å². The lowest BCUT2D eigenvalue weighted by Gasteiger charge is -2.15. The Hall–Kier alpha value is -4.17. The number of benzene rings is 2. The molecule has 1 unspecified atom stereocenters. The van der Waals surface area contributed by atoms with Gasteiger partial charge in [0.05, 0.1) is 24.5 Å². The molecule has 0 saturated heterocycles. The number of aryl methyl sites for hydroxylation is 1. The summed E-state index contributed by atoms with van der Waals surface area (Å²) in [4.78, 5) is 16.0. The number of ether oxygens (including phenoxy) is 1. The van der Waals surface area contributed by atoms with Crippen molar-refractivity contribution in [2.75, 3.05) is 18.4 Å². The van der Waals surface area contributed by atoms with Crippen molar-refractivity contribution in [3.05, 3.63) is 65.2 Å². The summed E-state index contributed by atoms with van der Waals surface area (Å²) in [6, 6.07) is 5.27. The second-order valence-electron chi connectivity index (χ2n) is 8.57. The molecular formula is C25H24F3N5O5S. The molecule has 2 heterocycles. The van der Waals surface area contributed by atoms with Crippen molar-refractivity contribution in [3.63, 3.8) is 0 Å². The summed E-state index contributed by atoms with van der Waals surface area (Å²) in [6.45, 7) is 3.18. The van der Waals surface area contributed by atoms with Gasteiger partial charge in [-0.2, -0.15) is 5.10 Å². The van der Waals surface area contributed by atoms with Crippen LogP contribution in [0.4, 0.5) is 18.9 Å². The lowest BCUT2D eigenvalue weighted by atomic mass is 10.0. The number of amides is 1. The number of nitrogens with one attached hydrogen (secondary N) is 3. The van der Waals surface area contributed by atoms with Crippen molar-refractivity contribution in [1.82, 2.24) is 20.5 Å². The number of carbonyl (C=O) groups is 1. The van der Waals surface area contributed by atoms with Crippen molar-refractivity contribution < 1.29 is 36.2 Å². The number of aliphatic hydroxyl groups is 1. The van der Waals surface area contributed by atoms with Crippen LogP contribution < -0.4 is 14.8 Å². The van der Waals surface area contributed by atoms with Crippen LogP contribution in [0, 0.1) is 17.5 Å². The van der Waals surface area contributed by atoms with Crippen LogP contribution in [0.15, 0.2) is 41.4 Å². The number of fused-ring (bicyclic) bond motifs is 1. The van der Waals surface area contributed by atoms with Gasteiger partial charge in [0, 0.05) is 23.7 Å². The topological polar surface area (TPSA) is 146 Å². The summed E-state index contributed by atoms with van der Waals surface area (Å²) in [5.74, 6) is -4.57. The Balaban J connectivity index is 1.76. The molecule has 10 nitrogen and oxygen atoms in total. The van der Waals surface area contributed by atoms with E-state index in [1.165, 1.54) is 32.4 Å². The zero-order chi connectivity index (χ0) is 28.5. The molecule has 39 heavy (non-hydrogen) atoms. The molecule has 0 bridgehead atoms. The van der Waals surface area contributed by atoms with Crippen LogP contribution in [-0.2, 0) is 16.4 Å². The molecule has 0 aliphatic heterocycles. The van der Waals surface area contributed by atoms with Crippen molar-refractivity contribution >= 4 is 32.5 Å². The van der Waals surface area contributed by atoms with Gasteiger partial charge in [0.25, 0.3) is 15.9 Å². The number of hydrogen-bond donors (Lipinski definition) is 4. The fraction of sp³-hybridized carbons (Fsp3) is 0.240. The van der Waals surface area contributed by atoms with E-state index in [1.54, 1.807) is 6.92 Å². The maximum absolute atomic E-state index is 15.6. The smallest absolute Gasteiger partial charge is 0.272 e. The first-order valence-corrected chi connectivity index (χ1v) is 13.1. The fourth-order valence-electron chi connectivity index (χ4n) is 3.83. The molecular weight excluding hydrogens is 539 g/mol. The summed E-state index contributed by atoms with van der Waals surface area (Å²) >= 11 is 0. The highest BCUT2D eigenvalue weighted by atomic mass is 32.2. The van der Waals surface area contributed by atoms with E-state index in [2.05, 4.69) is 25.2 Å². The SMILES string of the molecule is CCc1cnc(OC)c(S(=O)(=O)Nc2ccc(F)c(-c3ccc4c(C(=O)NCC(C)O)n[nH]c4c3F)c2F)c1. The summed E-state index contributed by atoms with van der Waals surface area (Å²) in [6.07, 6.45) is 1.07. The Labute approximate surface area is 221 Å². The second-order valence-corrected chi connectivity index (χ2v) is 10.2. The van der Waals surface area contributed by atoms with Crippen molar-refractivity contribution in [3.8, 4) is 17.0 Å². The Morgan fingerprint density at radius 2 is 1.92 bits per heavy atom. The van der Waals surface area contributed by atoms with Crippen LogP contribution in [0.2, 0.25) is 0 Å². The number of nitrogens with zero attached hydrogens (tertiary/aromatic N) is 2. The molecule has 0 spiro atoms. The number of anilines is 1. The van der Waals surface area contributed by atoms with Crippen LogP contribution in [0.3, 0.4) is 0 Å². The van der Waals surface area contributed by atoms with E-state index < -0.39 is 56.3 Å². The van der Waals surface area contributed by atoms with E-state index in [0.29, 0.717) is 12.0 Å². The summed E-state index contributed by atoms with van der Waals surface area (Å²) in [5, 5.41) is 17.9. The van der Waals surface area contributed by atoms with Gasteiger partial charge in [-0.25, -0.2) is 26.6 Å². The third-order valence-corrected chi connectivity index (χ3v) is 7.18. The van der Waals surface area contributed by atoms with Crippen molar-refractivity contribution in [2.45, 2.75) is 31.3 Å². The summed E-state index contributed by atoms with van der Waals surface area (Å²) in [7, 11) is -3.24. The molecule has 1 amide bonds. The molecule has 206 valence electrons. The van der Waals surface area contributed by atoms with Gasteiger partial charge in [0.1, 0.15) is 16.2 Å². The molecule has 0 aliphatic rings. The van der Waals surface area contributed by atoms with Crippen LogP contribution in [0.1, 0.15) is 29.9 Å². The average Bonchev–Trinajstić information content (AvgIpc) is 3.35. The number of aromatic nitrogens is 3. The molecule has 14 heteroatoms. The Kier molecular flexibility index (Phi) is 7.79. The Bertz CT molecular complexity index is 1670. The molecule has 0 aliphatic carbocycles. The first-order valence-electron chi connectivity index (χ1n) is 11.6. The Morgan fingerprint density at radius 1 is 1.18 bits per heavy atom. The third kappa shape index (κ3) is 5.38. The summed E-state index contributed by atoms with van der Waals surface area (Å²) < 4.78 is 79.2. The molecule has 4 rings (SSSR count). The van der Waals surface area contributed by atoms with Crippen molar-refractivity contribution in [1.29, 1.82) is 0 Å². The largest absolute Gasteiger partial charge is 0.480 e. The van der Waals surface area contributed by atoms with E-state index in [9.17, 15) is 22.7 Å². The maximum atomic E-state index is 15.6. The van der Waals surface area contributed by atoms with Gasteiger partial charge >= 0.3 is 0 Å². The first kappa shape index (κ1) is 27.9. The number of methoxy groups -OCH3 is 1. The van der Waals surface area contributed by atoms with Gasteiger partial charge in [-0.05, 0) is 43.2 Å². The van der Waals surface area contributed by atoms with Gasteiger partial charge in [0.2, 0.25) is 5.88 Å². The van der Waals surface area contributed by atoms with Crippen molar-refractivity contribution in [2.24, 2.45) is 0 Å². The fourth-order valence-corrected chi connectivity index (χ4v) is 5.06. The van der Waals surface area contributed by atoms with E-state index >= 15 is 8.78 Å².